The van der Waals surface area contributed by atoms with Crippen LogP contribution in [0.15, 0.2) is 23.9 Å². The van der Waals surface area contributed by atoms with Gasteiger partial charge in [0.2, 0.25) is 0 Å². The first kappa shape index (κ1) is 7.12. The molecule has 1 nitrogen and oxygen atoms in total. The minimum atomic E-state index is 1.06. The number of allylic oxidation sites excluding steroid dienone is 3. The van der Waals surface area contributed by atoms with Crippen molar-refractivity contribution in [3.63, 3.8) is 0 Å². The van der Waals surface area contributed by atoms with Crippen molar-refractivity contribution in [1.29, 1.82) is 0 Å². The fourth-order valence-corrected chi connectivity index (χ4v) is 1.63. The molecule has 0 saturated heterocycles. The summed E-state index contributed by atoms with van der Waals surface area (Å²) in [6.07, 6.45) is 6.44. The molecule has 1 heterocycles. The third-order valence-electron chi connectivity index (χ3n) is 1.43. The summed E-state index contributed by atoms with van der Waals surface area (Å²) in [6, 6.07) is 0. The van der Waals surface area contributed by atoms with Crippen molar-refractivity contribution in [2.24, 2.45) is 0 Å². The van der Waals surface area contributed by atoms with Crippen molar-refractivity contribution in [2.45, 2.75) is 0 Å². The molecular weight excluding hydrogens is 225 g/mol. The van der Waals surface area contributed by atoms with Crippen LogP contribution in [0.2, 0.25) is 0 Å². The SMILES string of the molecule is CN1CC=CC=C1CI. The summed E-state index contributed by atoms with van der Waals surface area (Å²) in [4.78, 5) is 2.26. The first-order chi connectivity index (χ1) is 4.34. The van der Waals surface area contributed by atoms with Crippen LogP contribution in [0, 0.1) is 0 Å². The zero-order valence-corrected chi connectivity index (χ0v) is 7.63. The minimum absolute atomic E-state index is 1.06. The van der Waals surface area contributed by atoms with Gasteiger partial charge in [-0.1, -0.05) is 34.7 Å². The summed E-state index contributed by atoms with van der Waals surface area (Å²) in [6.45, 7) is 1.06. The van der Waals surface area contributed by atoms with Gasteiger partial charge in [0, 0.05) is 23.7 Å². The van der Waals surface area contributed by atoms with Crippen molar-refractivity contribution in [1.82, 2.24) is 4.90 Å². The maximum absolute atomic E-state index is 2.38. The van der Waals surface area contributed by atoms with Gasteiger partial charge in [-0.2, -0.15) is 0 Å². The van der Waals surface area contributed by atoms with E-state index in [1.165, 1.54) is 5.70 Å². The molecule has 50 valence electrons. The highest BCUT2D eigenvalue weighted by Gasteiger charge is 2.01. The molecule has 0 aromatic carbocycles. The van der Waals surface area contributed by atoms with Crippen molar-refractivity contribution in [3.8, 4) is 0 Å². The van der Waals surface area contributed by atoms with E-state index in [1.54, 1.807) is 0 Å². The fourth-order valence-electron chi connectivity index (χ4n) is 0.789. The zero-order valence-electron chi connectivity index (χ0n) is 5.47. The van der Waals surface area contributed by atoms with E-state index in [2.05, 4.69) is 52.8 Å². The van der Waals surface area contributed by atoms with Gasteiger partial charge < -0.3 is 4.90 Å². The molecule has 0 spiro atoms. The molecule has 2 heteroatoms. The van der Waals surface area contributed by atoms with Crippen molar-refractivity contribution in [2.75, 3.05) is 18.0 Å². The average Bonchev–Trinajstić information content (AvgIpc) is 1.89. The molecule has 0 amide bonds. The Bertz CT molecular complexity index is 149. The van der Waals surface area contributed by atoms with Crippen molar-refractivity contribution >= 4 is 22.6 Å². The second kappa shape index (κ2) is 3.25. The summed E-state index contributed by atoms with van der Waals surface area (Å²) in [7, 11) is 2.12. The van der Waals surface area contributed by atoms with E-state index in [9.17, 15) is 0 Å². The lowest BCUT2D eigenvalue weighted by Gasteiger charge is -2.21. The Morgan fingerprint density at radius 1 is 1.78 bits per heavy atom. The average molecular weight is 235 g/mol. The number of nitrogens with zero attached hydrogens (tertiary/aromatic N) is 1. The van der Waals surface area contributed by atoms with Crippen LogP contribution in [-0.4, -0.2) is 22.9 Å². The molecule has 0 radical (unpaired) electrons. The molecule has 9 heavy (non-hydrogen) atoms. The highest BCUT2D eigenvalue weighted by Crippen LogP contribution is 2.09. The molecule has 0 aliphatic carbocycles. The third kappa shape index (κ3) is 1.71. The lowest BCUT2D eigenvalue weighted by Crippen LogP contribution is -2.20. The zero-order chi connectivity index (χ0) is 6.69. The standard InChI is InChI=1S/C7H10IN/c1-9-5-3-2-4-7(9)6-8/h2-4H,5-6H2,1H3. The highest BCUT2D eigenvalue weighted by molar-refractivity contribution is 14.1. The smallest absolute Gasteiger partial charge is 0.0397 e. The maximum atomic E-state index is 2.38. The van der Waals surface area contributed by atoms with Crippen LogP contribution in [0.1, 0.15) is 0 Å². The van der Waals surface area contributed by atoms with Crippen LogP contribution >= 0.6 is 22.6 Å². The van der Waals surface area contributed by atoms with Gasteiger partial charge in [-0.15, -0.1) is 0 Å². The number of halogens is 1. The van der Waals surface area contributed by atoms with Gasteiger partial charge in [0.15, 0.2) is 0 Å². The predicted molar refractivity (Wildman–Crippen MR) is 48.7 cm³/mol. The molecule has 0 unspecified atom stereocenters. The molecule has 1 aliphatic heterocycles. The molecule has 0 fully saturated rings. The second-order valence-electron chi connectivity index (χ2n) is 2.10. The van der Waals surface area contributed by atoms with Crippen LogP contribution in [0.25, 0.3) is 0 Å². The van der Waals surface area contributed by atoms with Gasteiger partial charge in [0.05, 0.1) is 0 Å². The van der Waals surface area contributed by atoms with Gasteiger partial charge in [-0.25, -0.2) is 0 Å². The Labute approximate surface area is 69.6 Å². The van der Waals surface area contributed by atoms with Crippen molar-refractivity contribution in [3.05, 3.63) is 23.9 Å². The summed E-state index contributed by atoms with van der Waals surface area (Å²) in [5.41, 5.74) is 1.41. The van der Waals surface area contributed by atoms with Gasteiger partial charge in [-0.05, 0) is 6.08 Å². The number of hydrogen-bond donors (Lipinski definition) is 0. The normalized spacial score (nSPS) is 18.0. The predicted octanol–water partition coefficient (Wildman–Crippen LogP) is 1.81. The maximum Gasteiger partial charge on any atom is 0.0397 e. The van der Waals surface area contributed by atoms with E-state index in [-0.39, 0.29) is 0 Å². The van der Waals surface area contributed by atoms with Gasteiger partial charge in [-0.3, -0.25) is 0 Å². The van der Waals surface area contributed by atoms with E-state index in [0.717, 1.165) is 11.0 Å². The Balaban J connectivity index is 2.63. The van der Waals surface area contributed by atoms with Crippen LogP contribution in [0.5, 0.6) is 0 Å². The Hall–Kier alpha value is 0.01000. The van der Waals surface area contributed by atoms with E-state index < -0.39 is 0 Å². The van der Waals surface area contributed by atoms with E-state index in [1.807, 2.05) is 0 Å². The molecule has 0 aromatic rings. The van der Waals surface area contributed by atoms with Gasteiger partial charge >= 0.3 is 0 Å². The number of rotatable bonds is 1. The first-order valence-electron chi connectivity index (χ1n) is 2.97. The van der Waals surface area contributed by atoms with Crippen LogP contribution in [0.4, 0.5) is 0 Å². The lowest BCUT2D eigenvalue weighted by molar-refractivity contribution is 0.464. The first-order valence-corrected chi connectivity index (χ1v) is 4.50. The quantitative estimate of drug-likeness (QED) is 0.495. The highest BCUT2D eigenvalue weighted by atomic mass is 127. The third-order valence-corrected chi connectivity index (χ3v) is 2.21. The molecular formula is C7H10IN. The molecule has 0 atom stereocenters. The second-order valence-corrected chi connectivity index (χ2v) is 2.86. The molecule has 1 aliphatic rings. The Morgan fingerprint density at radius 3 is 3.00 bits per heavy atom. The van der Waals surface area contributed by atoms with E-state index >= 15 is 0 Å². The monoisotopic (exact) mass is 235 g/mol. The number of alkyl halides is 1. The Morgan fingerprint density at radius 2 is 2.56 bits per heavy atom. The summed E-state index contributed by atoms with van der Waals surface area (Å²) >= 11 is 2.38. The van der Waals surface area contributed by atoms with E-state index in [0.29, 0.717) is 0 Å². The van der Waals surface area contributed by atoms with Crippen molar-refractivity contribution < 1.29 is 0 Å². The fraction of sp³-hybridized carbons (Fsp3) is 0.429. The lowest BCUT2D eigenvalue weighted by atomic mass is 10.3. The van der Waals surface area contributed by atoms with Gasteiger partial charge in [0.1, 0.15) is 0 Å². The minimum Gasteiger partial charge on any atom is -0.374 e. The molecule has 0 saturated carbocycles. The molecule has 0 bridgehead atoms. The van der Waals surface area contributed by atoms with Crippen LogP contribution in [0.3, 0.4) is 0 Å². The molecule has 1 rings (SSSR count). The Kier molecular flexibility index (Phi) is 2.57. The number of hydrogen-bond acceptors (Lipinski definition) is 1. The summed E-state index contributed by atoms with van der Waals surface area (Å²) in [5.74, 6) is 0. The van der Waals surface area contributed by atoms with E-state index in [4.69, 9.17) is 0 Å². The largest absolute Gasteiger partial charge is 0.374 e. The molecule has 0 N–H and O–H groups in total. The molecule has 0 aromatic heterocycles. The summed E-state index contributed by atoms with van der Waals surface area (Å²) in [5, 5.41) is 0. The number of likely N-dealkylation sites (N-methyl/N-ethyl adjacent to an activating group) is 1. The summed E-state index contributed by atoms with van der Waals surface area (Å²) < 4.78 is 1.11. The van der Waals surface area contributed by atoms with Gasteiger partial charge in [0.25, 0.3) is 0 Å². The van der Waals surface area contributed by atoms with Crippen LogP contribution in [-0.2, 0) is 0 Å². The van der Waals surface area contributed by atoms with Crippen LogP contribution < -0.4 is 0 Å². The topological polar surface area (TPSA) is 3.24 Å².